The molecule has 0 N–H and O–H groups in total. The van der Waals surface area contributed by atoms with Crippen LogP contribution in [0.3, 0.4) is 0 Å². The molecule has 3 fully saturated rings. The van der Waals surface area contributed by atoms with Gasteiger partial charge in [-0.25, -0.2) is 0 Å². The van der Waals surface area contributed by atoms with Crippen LogP contribution in [-0.2, 0) is 0 Å². The Kier molecular flexibility index (Phi) is 1.48. The van der Waals surface area contributed by atoms with E-state index in [1.54, 1.807) is 0 Å². The summed E-state index contributed by atoms with van der Waals surface area (Å²) in [6, 6.07) is 0.783. The average molecular weight is 139 g/mol. The summed E-state index contributed by atoms with van der Waals surface area (Å²) in [6.45, 7) is 7.39. The maximum Gasteiger partial charge on any atom is 0.00388 e. The summed E-state index contributed by atoms with van der Waals surface area (Å²) >= 11 is 0. The van der Waals surface area contributed by atoms with Gasteiger partial charge in [-0.15, -0.1) is 0 Å². The monoisotopic (exact) mass is 139 g/mol. The van der Waals surface area contributed by atoms with Gasteiger partial charge in [-0.05, 0) is 38.5 Å². The number of fused-ring (bicyclic) bond motifs is 2. The fraction of sp³-hybridized carbons (Fsp3) is 1.00. The molecule has 2 heterocycles. The van der Waals surface area contributed by atoms with Gasteiger partial charge in [0.25, 0.3) is 0 Å². The van der Waals surface area contributed by atoms with Crippen LogP contribution in [0.2, 0.25) is 0 Å². The smallest absolute Gasteiger partial charge is 0.00388 e. The molecule has 1 nitrogen and oxygen atoms in total. The molecule has 1 aliphatic carbocycles. The Bertz CT molecular complexity index is 115. The number of piperidine rings is 2. The molecule has 10 heavy (non-hydrogen) atoms. The Morgan fingerprint density at radius 3 is 1.90 bits per heavy atom. The maximum absolute atomic E-state index is 2.63. The van der Waals surface area contributed by atoms with Gasteiger partial charge >= 0.3 is 0 Å². The van der Waals surface area contributed by atoms with Crippen LogP contribution in [0.1, 0.15) is 26.7 Å². The molecule has 0 aromatic heterocycles. The van der Waals surface area contributed by atoms with Crippen molar-refractivity contribution < 1.29 is 0 Å². The highest BCUT2D eigenvalue weighted by atomic mass is 15.2. The lowest BCUT2D eigenvalue weighted by Crippen LogP contribution is -2.50. The van der Waals surface area contributed by atoms with Gasteiger partial charge in [0.05, 0.1) is 0 Å². The van der Waals surface area contributed by atoms with Crippen molar-refractivity contribution >= 4 is 0 Å². The molecule has 1 saturated carbocycles. The van der Waals surface area contributed by atoms with Crippen molar-refractivity contribution in [2.45, 2.75) is 32.7 Å². The predicted molar refractivity (Wildman–Crippen MR) is 42.9 cm³/mol. The molecule has 58 valence electrons. The van der Waals surface area contributed by atoms with Gasteiger partial charge in [-0.1, -0.05) is 0 Å². The minimum absolute atomic E-state index is 0.783. The van der Waals surface area contributed by atoms with Gasteiger partial charge in [-0.3, -0.25) is 0 Å². The fourth-order valence-corrected chi connectivity index (χ4v) is 2.33. The SMILES string of the molecule is CC(C)N1CC2CC(C2)C1. The van der Waals surface area contributed by atoms with Crippen LogP contribution >= 0.6 is 0 Å². The molecule has 0 atom stereocenters. The number of hydrogen-bond acceptors (Lipinski definition) is 1. The third kappa shape index (κ3) is 0.968. The molecule has 3 aliphatic rings. The first-order chi connectivity index (χ1) is 4.75. The van der Waals surface area contributed by atoms with E-state index in [1.165, 1.54) is 25.9 Å². The Labute approximate surface area is 63.4 Å². The Morgan fingerprint density at radius 2 is 1.60 bits per heavy atom. The molecule has 0 radical (unpaired) electrons. The molecule has 2 bridgehead atoms. The molecule has 1 heteroatoms. The van der Waals surface area contributed by atoms with Crippen molar-refractivity contribution in [3.63, 3.8) is 0 Å². The first-order valence-corrected chi connectivity index (χ1v) is 4.49. The summed E-state index contributed by atoms with van der Waals surface area (Å²) in [7, 11) is 0. The summed E-state index contributed by atoms with van der Waals surface area (Å²) < 4.78 is 0. The Morgan fingerprint density at radius 1 is 1.10 bits per heavy atom. The van der Waals surface area contributed by atoms with Crippen LogP contribution in [0.5, 0.6) is 0 Å². The zero-order valence-electron chi connectivity index (χ0n) is 7.01. The summed E-state index contributed by atoms with van der Waals surface area (Å²) in [5.74, 6) is 2.14. The zero-order chi connectivity index (χ0) is 7.14. The lowest BCUT2D eigenvalue weighted by molar-refractivity contribution is 0.00980. The van der Waals surface area contributed by atoms with Gasteiger partial charge in [-0.2, -0.15) is 0 Å². The van der Waals surface area contributed by atoms with Crippen molar-refractivity contribution in [2.24, 2.45) is 11.8 Å². The summed E-state index contributed by atoms with van der Waals surface area (Å²) in [4.78, 5) is 2.63. The average Bonchev–Trinajstić information content (AvgIpc) is 1.86. The van der Waals surface area contributed by atoms with Gasteiger partial charge in [0.2, 0.25) is 0 Å². The molecule has 2 saturated heterocycles. The minimum Gasteiger partial charge on any atom is -0.300 e. The van der Waals surface area contributed by atoms with Crippen molar-refractivity contribution in [1.82, 2.24) is 4.90 Å². The standard InChI is InChI=1S/C9H17N/c1-7(2)10-5-8-3-9(4-8)6-10/h7-9H,3-6H2,1-2H3. The quantitative estimate of drug-likeness (QED) is 0.535. The molecular formula is C9H17N. The van der Waals surface area contributed by atoms with E-state index in [0.29, 0.717) is 0 Å². The van der Waals surface area contributed by atoms with E-state index in [0.717, 1.165) is 17.9 Å². The normalized spacial score (nSPS) is 39.9. The molecule has 0 unspecified atom stereocenters. The highest BCUT2D eigenvalue weighted by Gasteiger charge is 2.37. The molecular weight excluding hydrogens is 122 g/mol. The van der Waals surface area contributed by atoms with E-state index in [1.807, 2.05) is 0 Å². The summed E-state index contributed by atoms with van der Waals surface area (Å²) in [5.41, 5.74) is 0. The third-order valence-corrected chi connectivity index (χ3v) is 3.05. The minimum atomic E-state index is 0.783. The van der Waals surface area contributed by atoms with Crippen LogP contribution in [0.15, 0.2) is 0 Å². The highest BCUT2D eigenvalue weighted by molar-refractivity contribution is 4.90. The zero-order valence-corrected chi connectivity index (χ0v) is 7.01. The van der Waals surface area contributed by atoms with E-state index in [-0.39, 0.29) is 0 Å². The van der Waals surface area contributed by atoms with Crippen molar-refractivity contribution in [1.29, 1.82) is 0 Å². The molecule has 0 spiro atoms. The highest BCUT2D eigenvalue weighted by Crippen LogP contribution is 2.39. The molecule has 0 aromatic rings. The van der Waals surface area contributed by atoms with E-state index in [2.05, 4.69) is 18.7 Å². The second kappa shape index (κ2) is 2.23. The van der Waals surface area contributed by atoms with E-state index in [9.17, 15) is 0 Å². The van der Waals surface area contributed by atoms with Crippen molar-refractivity contribution in [3.8, 4) is 0 Å². The van der Waals surface area contributed by atoms with Crippen LogP contribution in [0.4, 0.5) is 0 Å². The number of nitrogens with zero attached hydrogens (tertiary/aromatic N) is 1. The molecule has 0 amide bonds. The van der Waals surface area contributed by atoms with Gasteiger partial charge in [0, 0.05) is 19.1 Å². The van der Waals surface area contributed by atoms with Crippen LogP contribution in [-0.4, -0.2) is 24.0 Å². The Hall–Kier alpha value is -0.0400. The first-order valence-electron chi connectivity index (χ1n) is 4.49. The second-order valence-corrected chi connectivity index (χ2v) is 4.25. The molecule has 0 aromatic carbocycles. The van der Waals surface area contributed by atoms with Gasteiger partial charge < -0.3 is 4.90 Å². The topological polar surface area (TPSA) is 3.24 Å². The van der Waals surface area contributed by atoms with E-state index in [4.69, 9.17) is 0 Å². The second-order valence-electron chi connectivity index (χ2n) is 4.25. The van der Waals surface area contributed by atoms with E-state index >= 15 is 0 Å². The lowest BCUT2D eigenvalue weighted by Gasteiger charge is -2.48. The largest absolute Gasteiger partial charge is 0.300 e. The number of rotatable bonds is 1. The van der Waals surface area contributed by atoms with Gasteiger partial charge in [0.1, 0.15) is 0 Å². The van der Waals surface area contributed by atoms with Crippen LogP contribution in [0.25, 0.3) is 0 Å². The van der Waals surface area contributed by atoms with Crippen LogP contribution in [0, 0.1) is 11.8 Å². The summed E-state index contributed by atoms with van der Waals surface area (Å²) in [6.07, 6.45) is 3.06. The maximum atomic E-state index is 2.63. The van der Waals surface area contributed by atoms with Crippen molar-refractivity contribution in [2.75, 3.05) is 13.1 Å². The first kappa shape index (κ1) is 6.66. The molecule has 2 aliphatic heterocycles. The number of hydrogen-bond donors (Lipinski definition) is 0. The fourth-order valence-electron chi connectivity index (χ4n) is 2.33. The summed E-state index contributed by atoms with van der Waals surface area (Å²) in [5, 5.41) is 0. The van der Waals surface area contributed by atoms with E-state index < -0.39 is 0 Å². The Balaban J connectivity index is 1.91. The predicted octanol–water partition coefficient (Wildman–Crippen LogP) is 1.74. The molecule has 3 rings (SSSR count). The van der Waals surface area contributed by atoms with Crippen LogP contribution < -0.4 is 0 Å². The third-order valence-electron chi connectivity index (χ3n) is 3.05. The van der Waals surface area contributed by atoms with Crippen molar-refractivity contribution in [3.05, 3.63) is 0 Å². The lowest BCUT2D eigenvalue weighted by atomic mass is 9.71. The van der Waals surface area contributed by atoms with Gasteiger partial charge in [0.15, 0.2) is 0 Å².